The number of anilines is 3. The zero-order chi connectivity index (χ0) is 18.6. The summed E-state index contributed by atoms with van der Waals surface area (Å²) in [7, 11) is 0. The van der Waals surface area contributed by atoms with Gasteiger partial charge in [-0.2, -0.15) is 5.26 Å². The van der Waals surface area contributed by atoms with Crippen molar-refractivity contribution >= 4 is 17.5 Å². The molecule has 2 saturated heterocycles. The molecule has 140 valence electrons. The maximum atomic E-state index is 9.09. The van der Waals surface area contributed by atoms with Crippen molar-refractivity contribution in [1.29, 1.82) is 5.26 Å². The van der Waals surface area contributed by atoms with Crippen molar-refractivity contribution in [2.45, 2.75) is 26.2 Å². The predicted molar refractivity (Wildman–Crippen MR) is 106 cm³/mol. The molecule has 2 aliphatic heterocycles. The molecule has 0 amide bonds. The first kappa shape index (κ1) is 17.5. The Hall–Kier alpha value is -2.88. The molecule has 0 aromatic carbocycles. The Kier molecular flexibility index (Phi) is 5.05. The highest BCUT2D eigenvalue weighted by molar-refractivity contribution is 5.53. The number of piperidine rings is 1. The van der Waals surface area contributed by atoms with Crippen molar-refractivity contribution in [1.82, 2.24) is 15.0 Å². The first-order valence-electron chi connectivity index (χ1n) is 9.69. The third-order valence-electron chi connectivity index (χ3n) is 5.29. The monoisotopic (exact) mass is 363 g/mol. The molecule has 7 heteroatoms. The zero-order valence-electron chi connectivity index (χ0n) is 15.8. The van der Waals surface area contributed by atoms with Crippen LogP contribution in [0, 0.1) is 18.3 Å². The van der Waals surface area contributed by atoms with Crippen LogP contribution in [0.1, 0.15) is 30.7 Å². The number of nitriles is 1. The Morgan fingerprint density at radius 2 is 1.41 bits per heavy atom. The van der Waals surface area contributed by atoms with Crippen LogP contribution in [0.5, 0.6) is 0 Å². The summed E-state index contributed by atoms with van der Waals surface area (Å²) in [5.41, 5.74) is 0.653. The van der Waals surface area contributed by atoms with E-state index in [2.05, 4.69) is 41.8 Å². The number of aromatic nitrogens is 3. The quantitative estimate of drug-likeness (QED) is 0.829. The fourth-order valence-corrected chi connectivity index (χ4v) is 3.81. The van der Waals surface area contributed by atoms with Gasteiger partial charge in [0.15, 0.2) is 0 Å². The first-order chi connectivity index (χ1) is 13.2. The minimum atomic E-state index is 0.653. The molecule has 0 unspecified atom stereocenters. The van der Waals surface area contributed by atoms with Gasteiger partial charge in [-0.1, -0.05) is 0 Å². The van der Waals surface area contributed by atoms with Crippen LogP contribution in [0.25, 0.3) is 0 Å². The number of pyridine rings is 1. The molecule has 27 heavy (non-hydrogen) atoms. The van der Waals surface area contributed by atoms with Crippen LogP contribution in [0.2, 0.25) is 0 Å². The summed E-state index contributed by atoms with van der Waals surface area (Å²) >= 11 is 0. The number of nitrogens with zero attached hydrogens (tertiary/aromatic N) is 7. The van der Waals surface area contributed by atoms with E-state index in [1.807, 2.05) is 13.0 Å². The van der Waals surface area contributed by atoms with Gasteiger partial charge >= 0.3 is 0 Å². The van der Waals surface area contributed by atoms with Gasteiger partial charge in [-0.15, -0.1) is 0 Å². The second-order valence-corrected chi connectivity index (χ2v) is 7.17. The molecule has 0 bridgehead atoms. The topological polar surface area (TPSA) is 72.2 Å². The Morgan fingerprint density at radius 3 is 2.04 bits per heavy atom. The number of hydrogen-bond acceptors (Lipinski definition) is 7. The maximum Gasteiger partial charge on any atom is 0.134 e. The fraction of sp³-hybridized carbons (Fsp3) is 0.500. The van der Waals surface area contributed by atoms with Gasteiger partial charge < -0.3 is 14.7 Å². The minimum Gasteiger partial charge on any atom is -0.356 e. The fourth-order valence-electron chi connectivity index (χ4n) is 3.81. The molecule has 0 aliphatic carbocycles. The molecule has 2 fully saturated rings. The summed E-state index contributed by atoms with van der Waals surface area (Å²) in [5.74, 6) is 3.78. The van der Waals surface area contributed by atoms with E-state index >= 15 is 0 Å². The second-order valence-electron chi connectivity index (χ2n) is 7.17. The van der Waals surface area contributed by atoms with Gasteiger partial charge in [0.25, 0.3) is 0 Å². The highest BCUT2D eigenvalue weighted by Crippen LogP contribution is 2.24. The van der Waals surface area contributed by atoms with Gasteiger partial charge in [0.2, 0.25) is 0 Å². The van der Waals surface area contributed by atoms with Gasteiger partial charge in [-0.3, -0.25) is 0 Å². The van der Waals surface area contributed by atoms with Gasteiger partial charge in [0.1, 0.15) is 23.3 Å². The van der Waals surface area contributed by atoms with Gasteiger partial charge in [-0.05, 0) is 38.3 Å². The summed E-state index contributed by atoms with van der Waals surface area (Å²) in [6, 6.07) is 7.93. The lowest BCUT2D eigenvalue weighted by atomic mass is 10.1. The molecule has 4 heterocycles. The minimum absolute atomic E-state index is 0.653. The highest BCUT2D eigenvalue weighted by atomic mass is 15.3. The van der Waals surface area contributed by atoms with E-state index in [0.29, 0.717) is 5.56 Å². The number of hydrogen-bond donors (Lipinski definition) is 0. The highest BCUT2D eigenvalue weighted by Gasteiger charge is 2.21. The van der Waals surface area contributed by atoms with Crippen LogP contribution < -0.4 is 14.7 Å². The summed E-state index contributed by atoms with van der Waals surface area (Å²) in [6.07, 6.45) is 5.51. The Balaban J connectivity index is 1.46. The molecular weight excluding hydrogens is 338 g/mol. The Morgan fingerprint density at radius 1 is 0.815 bits per heavy atom. The first-order valence-corrected chi connectivity index (χ1v) is 9.69. The number of piperazine rings is 1. The van der Waals surface area contributed by atoms with E-state index in [9.17, 15) is 0 Å². The zero-order valence-corrected chi connectivity index (χ0v) is 15.8. The van der Waals surface area contributed by atoms with Crippen molar-refractivity contribution in [2.75, 3.05) is 54.0 Å². The molecule has 2 aromatic rings. The van der Waals surface area contributed by atoms with Gasteiger partial charge in [0.05, 0.1) is 11.6 Å². The summed E-state index contributed by atoms with van der Waals surface area (Å²) in [4.78, 5) is 20.7. The molecule has 2 aliphatic rings. The Bertz CT molecular complexity index is 830. The maximum absolute atomic E-state index is 9.09. The van der Waals surface area contributed by atoms with E-state index in [4.69, 9.17) is 5.26 Å². The van der Waals surface area contributed by atoms with Crippen molar-refractivity contribution in [3.05, 3.63) is 35.8 Å². The molecule has 0 N–H and O–H groups in total. The predicted octanol–water partition coefficient (Wildman–Crippen LogP) is 2.37. The molecule has 0 atom stereocenters. The molecular formula is C20H25N7. The van der Waals surface area contributed by atoms with Gasteiger partial charge in [0, 0.05) is 51.5 Å². The van der Waals surface area contributed by atoms with Crippen LogP contribution >= 0.6 is 0 Å². The molecule has 0 saturated carbocycles. The van der Waals surface area contributed by atoms with Crippen LogP contribution in [0.4, 0.5) is 17.5 Å². The summed E-state index contributed by atoms with van der Waals surface area (Å²) < 4.78 is 0. The lowest BCUT2D eigenvalue weighted by Crippen LogP contribution is -2.47. The summed E-state index contributed by atoms with van der Waals surface area (Å²) in [5, 5.41) is 9.09. The normalized spacial score (nSPS) is 17.7. The van der Waals surface area contributed by atoms with Crippen molar-refractivity contribution in [3.63, 3.8) is 0 Å². The largest absolute Gasteiger partial charge is 0.356 e. The van der Waals surface area contributed by atoms with Crippen molar-refractivity contribution in [2.24, 2.45) is 0 Å². The second kappa shape index (κ2) is 7.78. The van der Waals surface area contributed by atoms with E-state index in [-0.39, 0.29) is 0 Å². The molecule has 7 nitrogen and oxygen atoms in total. The Labute approximate surface area is 160 Å². The standard InChI is InChI=1S/C20H25N7/c1-16-23-19(25-7-3-2-4-8-25)14-20(24-16)27-11-9-26(10-12-27)18-13-17(15-21)5-6-22-18/h5-6,13-14H,2-4,7-12H2,1H3. The van der Waals surface area contributed by atoms with Crippen LogP contribution in [0.15, 0.2) is 24.4 Å². The third kappa shape index (κ3) is 3.95. The molecule has 4 rings (SSSR count). The van der Waals surface area contributed by atoms with E-state index in [1.54, 1.807) is 12.3 Å². The van der Waals surface area contributed by atoms with E-state index < -0.39 is 0 Å². The lowest BCUT2D eigenvalue weighted by molar-refractivity contribution is 0.572. The van der Waals surface area contributed by atoms with Crippen molar-refractivity contribution < 1.29 is 0 Å². The van der Waals surface area contributed by atoms with Crippen LogP contribution in [-0.2, 0) is 0 Å². The lowest BCUT2D eigenvalue weighted by Gasteiger charge is -2.36. The average molecular weight is 363 g/mol. The van der Waals surface area contributed by atoms with E-state index in [0.717, 1.165) is 62.5 Å². The molecule has 2 aromatic heterocycles. The van der Waals surface area contributed by atoms with Crippen LogP contribution in [0.3, 0.4) is 0 Å². The van der Waals surface area contributed by atoms with Crippen LogP contribution in [-0.4, -0.2) is 54.2 Å². The van der Waals surface area contributed by atoms with E-state index in [1.165, 1.54) is 19.3 Å². The smallest absolute Gasteiger partial charge is 0.134 e. The summed E-state index contributed by atoms with van der Waals surface area (Å²) in [6.45, 7) is 7.65. The number of aryl methyl sites for hydroxylation is 1. The third-order valence-corrected chi connectivity index (χ3v) is 5.29. The van der Waals surface area contributed by atoms with Crippen molar-refractivity contribution in [3.8, 4) is 6.07 Å². The molecule has 0 radical (unpaired) electrons. The molecule has 0 spiro atoms. The average Bonchev–Trinajstić information content (AvgIpc) is 2.74. The number of rotatable bonds is 3. The van der Waals surface area contributed by atoms with Gasteiger partial charge in [-0.25, -0.2) is 15.0 Å². The SMILES string of the molecule is Cc1nc(N2CCCCC2)cc(N2CCN(c3cc(C#N)ccn3)CC2)n1.